The summed E-state index contributed by atoms with van der Waals surface area (Å²) in [6.07, 6.45) is 3.36. The Morgan fingerprint density at radius 3 is 2.56 bits per heavy atom. The molecule has 0 saturated heterocycles. The van der Waals surface area contributed by atoms with E-state index in [0.29, 0.717) is 0 Å². The van der Waals surface area contributed by atoms with Crippen LogP contribution in [0.2, 0.25) is 0 Å². The molecule has 0 N–H and O–H groups in total. The van der Waals surface area contributed by atoms with Gasteiger partial charge in [-0.15, -0.1) is 0 Å². The van der Waals surface area contributed by atoms with Crippen LogP contribution in [0.4, 0.5) is 0 Å². The van der Waals surface area contributed by atoms with Gasteiger partial charge in [0.25, 0.3) is 0 Å². The summed E-state index contributed by atoms with van der Waals surface area (Å²) in [6.45, 7) is 1.98. The van der Waals surface area contributed by atoms with Crippen LogP contribution < -0.4 is 4.74 Å². The molecule has 0 aliphatic carbocycles. The average molecular weight is 219 g/mol. The van der Waals surface area contributed by atoms with Gasteiger partial charge in [0.1, 0.15) is 5.75 Å². The molecule has 0 fully saturated rings. The third-order valence-corrected chi connectivity index (χ3v) is 2.28. The Morgan fingerprint density at radius 1 is 1.38 bits per heavy atom. The zero-order chi connectivity index (χ0) is 12.1. The summed E-state index contributed by atoms with van der Waals surface area (Å²) >= 11 is 0. The summed E-state index contributed by atoms with van der Waals surface area (Å²) in [5.74, 6) is 0.838. The first-order valence-corrected chi connectivity index (χ1v) is 5.08. The van der Waals surface area contributed by atoms with Gasteiger partial charge in [0.05, 0.1) is 7.11 Å². The monoisotopic (exact) mass is 219 g/mol. The highest BCUT2D eigenvalue weighted by molar-refractivity contribution is 5.91. The van der Waals surface area contributed by atoms with Gasteiger partial charge in [-0.2, -0.15) is 0 Å². The number of benzene rings is 1. The molecule has 0 bridgehead atoms. The van der Waals surface area contributed by atoms with Crippen LogP contribution in [0.25, 0.3) is 6.08 Å². The van der Waals surface area contributed by atoms with E-state index in [0.717, 1.165) is 16.9 Å². The molecule has 1 rings (SSSR count). The number of hydrogen-bond donors (Lipinski definition) is 0. The molecule has 0 aromatic heterocycles. The Kier molecular flexibility index (Phi) is 4.11. The third-order valence-electron chi connectivity index (χ3n) is 2.28. The van der Waals surface area contributed by atoms with Crippen molar-refractivity contribution in [2.24, 2.45) is 0 Å². The van der Waals surface area contributed by atoms with Crippen molar-refractivity contribution in [3.63, 3.8) is 0 Å². The molecular weight excluding hydrogens is 202 g/mol. The molecule has 1 amide bonds. The van der Waals surface area contributed by atoms with E-state index in [1.165, 1.54) is 4.90 Å². The van der Waals surface area contributed by atoms with Gasteiger partial charge in [0.2, 0.25) is 5.91 Å². The first-order chi connectivity index (χ1) is 7.54. The second kappa shape index (κ2) is 5.35. The number of carbonyl (C=O) groups excluding carboxylic acids is 1. The molecule has 0 heterocycles. The number of carbonyl (C=O) groups is 1. The molecule has 1 aromatic carbocycles. The zero-order valence-corrected chi connectivity index (χ0v) is 10.2. The van der Waals surface area contributed by atoms with E-state index in [4.69, 9.17) is 4.74 Å². The normalized spacial score (nSPS) is 10.5. The van der Waals surface area contributed by atoms with Crippen molar-refractivity contribution in [2.45, 2.75) is 6.92 Å². The Balaban J connectivity index is 2.83. The van der Waals surface area contributed by atoms with E-state index in [1.807, 2.05) is 25.1 Å². The molecule has 0 unspecified atom stereocenters. The fourth-order valence-corrected chi connectivity index (χ4v) is 1.32. The number of methoxy groups -OCH3 is 1. The number of aryl methyl sites for hydroxylation is 1. The molecule has 0 radical (unpaired) electrons. The first kappa shape index (κ1) is 12.3. The standard InChI is InChI=1S/C13H17NO2/c1-10-9-11(5-7-12(10)16-4)6-8-13(15)14(2)3/h5-9H,1-4H3. The average Bonchev–Trinajstić information content (AvgIpc) is 2.25. The number of hydrogen-bond acceptors (Lipinski definition) is 2. The van der Waals surface area contributed by atoms with Crippen LogP contribution in [-0.4, -0.2) is 32.0 Å². The van der Waals surface area contributed by atoms with Gasteiger partial charge in [-0.05, 0) is 36.3 Å². The second-order valence-corrected chi connectivity index (χ2v) is 3.80. The topological polar surface area (TPSA) is 29.5 Å². The fraction of sp³-hybridized carbons (Fsp3) is 0.308. The fourth-order valence-electron chi connectivity index (χ4n) is 1.32. The van der Waals surface area contributed by atoms with Gasteiger partial charge < -0.3 is 9.64 Å². The van der Waals surface area contributed by atoms with Gasteiger partial charge >= 0.3 is 0 Å². The van der Waals surface area contributed by atoms with Crippen molar-refractivity contribution >= 4 is 12.0 Å². The molecule has 0 aliphatic heterocycles. The predicted octanol–water partition coefficient (Wildman–Crippen LogP) is 2.11. The van der Waals surface area contributed by atoms with Gasteiger partial charge in [-0.25, -0.2) is 0 Å². The summed E-state index contributed by atoms with van der Waals surface area (Å²) in [6, 6.07) is 5.80. The molecular formula is C13H17NO2. The largest absolute Gasteiger partial charge is 0.496 e. The Morgan fingerprint density at radius 2 is 2.06 bits per heavy atom. The van der Waals surface area contributed by atoms with Crippen LogP contribution in [0.1, 0.15) is 11.1 Å². The maximum atomic E-state index is 11.3. The third kappa shape index (κ3) is 3.12. The van der Waals surface area contributed by atoms with E-state index >= 15 is 0 Å². The maximum Gasteiger partial charge on any atom is 0.246 e. The van der Waals surface area contributed by atoms with Crippen molar-refractivity contribution in [3.05, 3.63) is 35.4 Å². The molecule has 3 heteroatoms. The van der Waals surface area contributed by atoms with Crippen molar-refractivity contribution in [1.82, 2.24) is 4.90 Å². The van der Waals surface area contributed by atoms with Crippen molar-refractivity contribution in [2.75, 3.05) is 21.2 Å². The van der Waals surface area contributed by atoms with E-state index < -0.39 is 0 Å². The quantitative estimate of drug-likeness (QED) is 0.729. The summed E-state index contributed by atoms with van der Waals surface area (Å²) in [7, 11) is 5.10. The highest BCUT2D eigenvalue weighted by Gasteiger charge is 1.99. The van der Waals surface area contributed by atoms with Gasteiger partial charge in [-0.1, -0.05) is 6.07 Å². The molecule has 3 nitrogen and oxygen atoms in total. The van der Waals surface area contributed by atoms with E-state index in [2.05, 4.69) is 0 Å². The summed E-state index contributed by atoms with van der Waals surface area (Å²) in [5, 5.41) is 0. The van der Waals surface area contributed by atoms with Crippen LogP contribution in [0, 0.1) is 6.92 Å². The Labute approximate surface area is 96.3 Å². The van der Waals surface area contributed by atoms with Crippen molar-refractivity contribution < 1.29 is 9.53 Å². The van der Waals surface area contributed by atoms with Crippen LogP contribution in [0.5, 0.6) is 5.75 Å². The lowest BCUT2D eigenvalue weighted by Gasteiger charge is -2.06. The Hall–Kier alpha value is -1.77. The van der Waals surface area contributed by atoms with Crippen molar-refractivity contribution in [1.29, 1.82) is 0 Å². The van der Waals surface area contributed by atoms with E-state index in [1.54, 1.807) is 33.4 Å². The minimum absolute atomic E-state index is 0.0199. The highest BCUT2D eigenvalue weighted by atomic mass is 16.5. The number of amides is 1. The van der Waals surface area contributed by atoms with Crippen LogP contribution in [0.3, 0.4) is 0 Å². The first-order valence-electron chi connectivity index (χ1n) is 5.08. The van der Waals surface area contributed by atoms with E-state index in [-0.39, 0.29) is 5.91 Å². The summed E-state index contributed by atoms with van der Waals surface area (Å²) in [4.78, 5) is 12.9. The van der Waals surface area contributed by atoms with Crippen molar-refractivity contribution in [3.8, 4) is 5.75 Å². The van der Waals surface area contributed by atoms with Gasteiger partial charge in [0.15, 0.2) is 0 Å². The lowest BCUT2D eigenvalue weighted by molar-refractivity contribution is -0.123. The highest BCUT2D eigenvalue weighted by Crippen LogP contribution is 2.19. The predicted molar refractivity (Wildman–Crippen MR) is 65.5 cm³/mol. The second-order valence-electron chi connectivity index (χ2n) is 3.80. The molecule has 1 aromatic rings. The van der Waals surface area contributed by atoms with Gasteiger partial charge in [0, 0.05) is 20.2 Å². The number of nitrogens with zero attached hydrogens (tertiary/aromatic N) is 1. The molecule has 16 heavy (non-hydrogen) atoms. The lowest BCUT2D eigenvalue weighted by atomic mass is 10.1. The lowest BCUT2D eigenvalue weighted by Crippen LogP contribution is -2.18. The van der Waals surface area contributed by atoms with Gasteiger partial charge in [-0.3, -0.25) is 4.79 Å². The smallest absolute Gasteiger partial charge is 0.246 e. The summed E-state index contributed by atoms with van der Waals surface area (Å²) < 4.78 is 5.16. The van der Waals surface area contributed by atoms with E-state index in [9.17, 15) is 4.79 Å². The maximum absolute atomic E-state index is 11.3. The molecule has 0 aliphatic rings. The Bertz CT molecular complexity index is 408. The van der Waals surface area contributed by atoms with Crippen LogP contribution in [-0.2, 0) is 4.79 Å². The molecule has 86 valence electrons. The van der Waals surface area contributed by atoms with Crippen LogP contribution in [0.15, 0.2) is 24.3 Å². The van der Waals surface area contributed by atoms with Crippen LogP contribution >= 0.6 is 0 Å². The number of likely N-dealkylation sites (N-methyl/N-ethyl adjacent to an activating group) is 1. The molecule has 0 saturated carbocycles. The zero-order valence-electron chi connectivity index (χ0n) is 10.2. The number of ether oxygens (including phenoxy) is 1. The molecule has 0 atom stereocenters. The minimum atomic E-state index is -0.0199. The summed E-state index contributed by atoms with van der Waals surface area (Å²) in [5.41, 5.74) is 2.05. The SMILES string of the molecule is COc1ccc(C=CC(=O)N(C)C)cc1C. The molecule has 0 spiro atoms. The number of rotatable bonds is 3. The minimum Gasteiger partial charge on any atom is -0.496 e.